The third-order valence-electron chi connectivity index (χ3n) is 4.53. The van der Waals surface area contributed by atoms with Gasteiger partial charge in [0.2, 0.25) is 5.91 Å². The fourth-order valence-corrected chi connectivity index (χ4v) is 3.22. The Morgan fingerprint density at radius 2 is 2.04 bits per heavy atom. The topological polar surface area (TPSA) is 81.9 Å². The van der Waals surface area contributed by atoms with Gasteiger partial charge < -0.3 is 10.2 Å². The lowest BCUT2D eigenvalue weighted by Crippen LogP contribution is -2.36. The fourth-order valence-electron chi connectivity index (χ4n) is 3.22. The van der Waals surface area contributed by atoms with Gasteiger partial charge in [-0.3, -0.25) is 4.79 Å². The van der Waals surface area contributed by atoms with Crippen LogP contribution in [-0.4, -0.2) is 33.9 Å². The molecular formula is C19H21N5O. The Morgan fingerprint density at radius 3 is 2.72 bits per heavy atom. The molecule has 25 heavy (non-hydrogen) atoms. The molecule has 1 amide bonds. The van der Waals surface area contributed by atoms with Crippen LogP contribution in [0.2, 0.25) is 0 Å². The number of rotatable bonds is 3. The molecule has 2 aromatic heterocycles. The summed E-state index contributed by atoms with van der Waals surface area (Å²) in [5.41, 5.74) is 2.72. The van der Waals surface area contributed by atoms with E-state index in [-0.39, 0.29) is 5.91 Å². The van der Waals surface area contributed by atoms with E-state index in [0.29, 0.717) is 17.3 Å². The number of amides is 1. The van der Waals surface area contributed by atoms with Crippen molar-refractivity contribution in [3.05, 3.63) is 47.3 Å². The van der Waals surface area contributed by atoms with Crippen LogP contribution in [0, 0.1) is 18.3 Å². The summed E-state index contributed by atoms with van der Waals surface area (Å²) < 4.78 is 0. The molecule has 1 aliphatic heterocycles. The molecule has 0 atom stereocenters. The standard InChI is InChI=1S/C19H21N5O/c1-13-9-17(16-4-7-24(8-5-16)14(2)25)11-19(22-13)23-18-10-15(12-20)3-6-21-18/h3,6,9-11,16H,4-5,7-8H2,1-2H3,(H,21,22,23). The number of piperidine rings is 1. The molecule has 0 radical (unpaired) electrons. The highest BCUT2D eigenvalue weighted by molar-refractivity contribution is 5.73. The first kappa shape index (κ1) is 16.9. The van der Waals surface area contributed by atoms with Gasteiger partial charge in [0.05, 0.1) is 11.6 Å². The Morgan fingerprint density at radius 1 is 1.28 bits per heavy atom. The normalized spacial score (nSPS) is 14.8. The summed E-state index contributed by atoms with van der Waals surface area (Å²) in [5, 5.41) is 12.2. The van der Waals surface area contributed by atoms with Crippen molar-refractivity contribution in [1.82, 2.24) is 14.9 Å². The number of pyridine rings is 2. The molecular weight excluding hydrogens is 314 g/mol. The van der Waals surface area contributed by atoms with E-state index in [1.54, 1.807) is 25.3 Å². The van der Waals surface area contributed by atoms with E-state index in [1.165, 1.54) is 5.56 Å². The molecule has 3 rings (SSSR count). The fraction of sp³-hybridized carbons (Fsp3) is 0.368. The predicted octanol–water partition coefficient (Wildman–Crippen LogP) is 3.13. The van der Waals surface area contributed by atoms with E-state index in [4.69, 9.17) is 5.26 Å². The summed E-state index contributed by atoms with van der Waals surface area (Å²) >= 11 is 0. The zero-order chi connectivity index (χ0) is 17.8. The van der Waals surface area contributed by atoms with Crippen molar-refractivity contribution < 1.29 is 4.79 Å². The number of aromatic nitrogens is 2. The first-order valence-electron chi connectivity index (χ1n) is 8.42. The number of anilines is 2. The highest BCUT2D eigenvalue weighted by atomic mass is 16.2. The number of nitrogens with zero attached hydrogens (tertiary/aromatic N) is 4. The molecule has 0 unspecified atom stereocenters. The van der Waals surface area contributed by atoms with Gasteiger partial charge in [-0.1, -0.05) is 0 Å². The number of aryl methyl sites for hydroxylation is 1. The first-order chi connectivity index (χ1) is 12.0. The van der Waals surface area contributed by atoms with E-state index in [2.05, 4.69) is 27.4 Å². The van der Waals surface area contributed by atoms with E-state index < -0.39 is 0 Å². The van der Waals surface area contributed by atoms with Crippen LogP contribution in [0.15, 0.2) is 30.5 Å². The molecule has 1 aliphatic rings. The number of likely N-dealkylation sites (tertiary alicyclic amines) is 1. The zero-order valence-electron chi connectivity index (χ0n) is 14.5. The van der Waals surface area contributed by atoms with Crippen molar-refractivity contribution in [3.8, 4) is 6.07 Å². The molecule has 6 nitrogen and oxygen atoms in total. The third-order valence-corrected chi connectivity index (χ3v) is 4.53. The van der Waals surface area contributed by atoms with Crippen LogP contribution in [0.1, 0.15) is 42.5 Å². The van der Waals surface area contributed by atoms with Crippen molar-refractivity contribution in [3.63, 3.8) is 0 Å². The average molecular weight is 335 g/mol. The molecule has 0 aromatic carbocycles. The van der Waals surface area contributed by atoms with Crippen LogP contribution < -0.4 is 5.32 Å². The van der Waals surface area contributed by atoms with Crippen LogP contribution in [0.3, 0.4) is 0 Å². The summed E-state index contributed by atoms with van der Waals surface area (Å²) in [5.74, 6) is 1.91. The van der Waals surface area contributed by atoms with Crippen LogP contribution in [0.25, 0.3) is 0 Å². The number of carbonyl (C=O) groups is 1. The second-order valence-electron chi connectivity index (χ2n) is 6.37. The maximum Gasteiger partial charge on any atom is 0.219 e. The number of carbonyl (C=O) groups excluding carboxylic acids is 1. The largest absolute Gasteiger partial charge is 0.343 e. The summed E-state index contributed by atoms with van der Waals surface area (Å²) in [6, 6.07) is 9.63. The molecule has 128 valence electrons. The molecule has 2 aromatic rings. The number of nitriles is 1. The molecule has 6 heteroatoms. The maximum atomic E-state index is 11.5. The molecule has 0 saturated carbocycles. The molecule has 3 heterocycles. The lowest BCUT2D eigenvalue weighted by Gasteiger charge is -2.31. The minimum absolute atomic E-state index is 0.148. The molecule has 1 saturated heterocycles. The van der Waals surface area contributed by atoms with Crippen LogP contribution in [0.4, 0.5) is 11.6 Å². The van der Waals surface area contributed by atoms with E-state index in [0.717, 1.165) is 37.4 Å². The van der Waals surface area contributed by atoms with E-state index in [9.17, 15) is 4.79 Å². The van der Waals surface area contributed by atoms with Gasteiger partial charge in [-0.15, -0.1) is 0 Å². The first-order valence-corrected chi connectivity index (χ1v) is 8.42. The Hall–Kier alpha value is -2.94. The van der Waals surface area contributed by atoms with Gasteiger partial charge in [-0.25, -0.2) is 9.97 Å². The number of nitrogens with one attached hydrogen (secondary N) is 1. The number of hydrogen-bond donors (Lipinski definition) is 1. The van der Waals surface area contributed by atoms with Gasteiger partial charge in [0.15, 0.2) is 0 Å². The van der Waals surface area contributed by atoms with Crippen molar-refractivity contribution in [2.75, 3.05) is 18.4 Å². The highest BCUT2D eigenvalue weighted by Crippen LogP contribution is 2.30. The van der Waals surface area contributed by atoms with Gasteiger partial charge >= 0.3 is 0 Å². The predicted molar refractivity (Wildman–Crippen MR) is 95.4 cm³/mol. The minimum atomic E-state index is 0.148. The summed E-state index contributed by atoms with van der Waals surface area (Å²) in [6.45, 7) is 5.20. The Balaban J connectivity index is 1.77. The summed E-state index contributed by atoms with van der Waals surface area (Å²) in [6.07, 6.45) is 3.53. The highest BCUT2D eigenvalue weighted by Gasteiger charge is 2.22. The summed E-state index contributed by atoms with van der Waals surface area (Å²) in [4.78, 5) is 22.1. The molecule has 1 N–H and O–H groups in total. The second kappa shape index (κ2) is 7.31. The van der Waals surface area contributed by atoms with Crippen molar-refractivity contribution in [1.29, 1.82) is 5.26 Å². The summed E-state index contributed by atoms with van der Waals surface area (Å²) in [7, 11) is 0. The number of hydrogen-bond acceptors (Lipinski definition) is 5. The van der Waals surface area contributed by atoms with Crippen LogP contribution in [0.5, 0.6) is 0 Å². The van der Waals surface area contributed by atoms with E-state index in [1.807, 2.05) is 17.9 Å². The van der Waals surface area contributed by atoms with Gasteiger partial charge in [-0.2, -0.15) is 5.26 Å². The Bertz CT molecular complexity index is 819. The molecule has 0 spiro atoms. The quantitative estimate of drug-likeness (QED) is 0.932. The van der Waals surface area contributed by atoms with Gasteiger partial charge in [0.25, 0.3) is 0 Å². The van der Waals surface area contributed by atoms with Crippen LogP contribution >= 0.6 is 0 Å². The minimum Gasteiger partial charge on any atom is -0.343 e. The maximum absolute atomic E-state index is 11.5. The third kappa shape index (κ3) is 4.13. The van der Waals surface area contributed by atoms with Gasteiger partial charge in [-0.05, 0) is 55.5 Å². The SMILES string of the molecule is CC(=O)N1CCC(c2cc(C)nc(Nc3cc(C#N)ccn3)c2)CC1. The second-order valence-corrected chi connectivity index (χ2v) is 6.37. The van der Waals surface area contributed by atoms with Gasteiger partial charge in [0, 0.05) is 31.9 Å². The monoisotopic (exact) mass is 335 g/mol. The molecule has 1 fully saturated rings. The molecule has 0 aliphatic carbocycles. The van der Waals surface area contributed by atoms with Crippen molar-refractivity contribution in [2.24, 2.45) is 0 Å². The Labute approximate surface area is 147 Å². The smallest absolute Gasteiger partial charge is 0.219 e. The molecule has 0 bridgehead atoms. The lowest BCUT2D eigenvalue weighted by molar-refractivity contribution is -0.129. The lowest BCUT2D eigenvalue weighted by atomic mass is 9.89. The van der Waals surface area contributed by atoms with E-state index >= 15 is 0 Å². The average Bonchev–Trinajstić information content (AvgIpc) is 2.61. The van der Waals surface area contributed by atoms with Crippen molar-refractivity contribution in [2.45, 2.75) is 32.6 Å². The van der Waals surface area contributed by atoms with Crippen molar-refractivity contribution >= 4 is 17.5 Å². The Kier molecular flexibility index (Phi) is 4.94. The zero-order valence-corrected chi connectivity index (χ0v) is 14.5. The van der Waals surface area contributed by atoms with Crippen LogP contribution in [-0.2, 0) is 4.79 Å². The van der Waals surface area contributed by atoms with Gasteiger partial charge in [0.1, 0.15) is 11.6 Å².